The van der Waals surface area contributed by atoms with E-state index >= 15 is 0 Å². The predicted octanol–water partition coefficient (Wildman–Crippen LogP) is 0.336. The van der Waals surface area contributed by atoms with Crippen molar-refractivity contribution >= 4 is 11.9 Å². The Morgan fingerprint density at radius 1 is 1.33 bits per heavy atom. The minimum absolute atomic E-state index is 0.151. The van der Waals surface area contributed by atoms with Gasteiger partial charge in [0.25, 0.3) is 5.91 Å². The topological polar surface area (TPSA) is 104 Å². The molecule has 24 heavy (non-hydrogen) atoms. The van der Waals surface area contributed by atoms with E-state index in [9.17, 15) is 9.90 Å². The van der Waals surface area contributed by atoms with Crippen molar-refractivity contribution in [3.8, 4) is 0 Å². The molecule has 3 heterocycles. The molecule has 1 saturated heterocycles. The Kier molecular flexibility index (Phi) is 4.66. The summed E-state index contributed by atoms with van der Waals surface area (Å²) in [6, 6.07) is 3.31. The molecule has 2 N–H and O–H groups in total. The third kappa shape index (κ3) is 3.83. The third-order valence-corrected chi connectivity index (χ3v) is 3.98. The lowest BCUT2D eigenvalue weighted by Crippen LogP contribution is -2.54. The van der Waals surface area contributed by atoms with Crippen LogP contribution in [0, 0.1) is 6.92 Å². The number of hydrogen-bond donors (Lipinski definition) is 2. The molecule has 1 amide bonds. The fourth-order valence-electron chi connectivity index (χ4n) is 2.80. The minimum atomic E-state index is -1.02. The summed E-state index contributed by atoms with van der Waals surface area (Å²) >= 11 is 0. The summed E-state index contributed by atoms with van der Waals surface area (Å²) in [5.41, 5.74) is -0.722. The molecule has 2 aromatic rings. The van der Waals surface area contributed by atoms with Gasteiger partial charge in [0.05, 0.1) is 12.1 Å². The summed E-state index contributed by atoms with van der Waals surface area (Å²) in [5.74, 6) is 0.807. The number of anilines is 1. The van der Waals surface area contributed by atoms with E-state index in [1.165, 1.54) is 0 Å². The van der Waals surface area contributed by atoms with Crippen molar-refractivity contribution in [1.82, 2.24) is 25.3 Å². The number of amides is 1. The van der Waals surface area contributed by atoms with Crippen LogP contribution in [0.2, 0.25) is 0 Å². The fourth-order valence-corrected chi connectivity index (χ4v) is 2.80. The van der Waals surface area contributed by atoms with E-state index in [1.807, 2.05) is 4.90 Å². The largest absolute Gasteiger partial charge is 0.386 e. The van der Waals surface area contributed by atoms with E-state index < -0.39 is 5.60 Å². The van der Waals surface area contributed by atoms with Crippen LogP contribution in [0.3, 0.4) is 0 Å². The molecule has 8 nitrogen and oxygen atoms in total. The lowest BCUT2D eigenvalue weighted by atomic mass is 9.93. The first kappa shape index (κ1) is 16.3. The molecule has 1 unspecified atom stereocenters. The summed E-state index contributed by atoms with van der Waals surface area (Å²) in [7, 11) is 0. The highest BCUT2D eigenvalue weighted by atomic mass is 16.3. The van der Waals surface area contributed by atoms with Crippen LogP contribution in [0.4, 0.5) is 5.95 Å². The first-order valence-electron chi connectivity index (χ1n) is 7.88. The highest BCUT2D eigenvalue weighted by molar-refractivity contribution is 5.92. The lowest BCUT2D eigenvalue weighted by Gasteiger charge is -2.39. The van der Waals surface area contributed by atoms with E-state index in [0.717, 1.165) is 13.0 Å². The average molecular weight is 328 g/mol. The van der Waals surface area contributed by atoms with Gasteiger partial charge in [-0.05, 0) is 31.9 Å². The van der Waals surface area contributed by atoms with Crippen LogP contribution < -0.4 is 10.2 Å². The van der Waals surface area contributed by atoms with Gasteiger partial charge in [0.2, 0.25) is 5.95 Å². The molecule has 0 aliphatic carbocycles. The van der Waals surface area contributed by atoms with E-state index in [2.05, 4.69) is 25.3 Å². The monoisotopic (exact) mass is 328 g/mol. The second kappa shape index (κ2) is 6.88. The molecule has 1 fully saturated rings. The number of aliphatic hydroxyl groups is 1. The summed E-state index contributed by atoms with van der Waals surface area (Å²) in [6.07, 6.45) is 6.31. The first-order chi connectivity index (χ1) is 11.6. The molecule has 2 aromatic heterocycles. The molecular weight excluding hydrogens is 308 g/mol. The van der Waals surface area contributed by atoms with Gasteiger partial charge in [-0.2, -0.15) is 0 Å². The summed E-state index contributed by atoms with van der Waals surface area (Å²) in [4.78, 5) is 30.6. The zero-order valence-corrected chi connectivity index (χ0v) is 13.5. The molecule has 0 spiro atoms. The number of aromatic nitrogens is 4. The first-order valence-corrected chi connectivity index (χ1v) is 7.88. The number of carbonyl (C=O) groups is 1. The number of nitrogens with one attached hydrogen (secondary N) is 1. The molecule has 0 saturated carbocycles. The number of carbonyl (C=O) groups excluding carboxylic acids is 1. The minimum Gasteiger partial charge on any atom is -0.386 e. The van der Waals surface area contributed by atoms with Gasteiger partial charge < -0.3 is 15.3 Å². The molecule has 1 aliphatic heterocycles. The highest BCUT2D eigenvalue weighted by Crippen LogP contribution is 2.23. The third-order valence-electron chi connectivity index (χ3n) is 3.98. The van der Waals surface area contributed by atoms with Crippen LogP contribution in [0.5, 0.6) is 0 Å². The van der Waals surface area contributed by atoms with Crippen LogP contribution in [0.1, 0.15) is 29.2 Å². The van der Waals surface area contributed by atoms with Crippen molar-refractivity contribution in [3.63, 3.8) is 0 Å². The second-order valence-corrected chi connectivity index (χ2v) is 5.97. The number of hydrogen-bond acceptors (Lipinski definition) is 7. The van der Waals surface area contributed by atoms with Crippen LogP contribution in [-0.4, -0.2) is 56.2 Å². The van der Waals surface area contributed by atoms with Crippen molar-refractivity contribution in [2.45, 2.75) is 25.4 Å². The van der Waals surface area contributed by atoms with Crippen LogP contribution >= 0.6 is 0 Å². The Morgan fingerprint density at radius 2 is 2.12 bits per heavy atom. The van der Waals surface area contributed by atoms with Gasteiger partial charge >= 0.3 is 0 Å². The quantitative estimate of drug-likeness (QED) is 0.834. The van der Waals surface area contributed by atoms with Gasteiger partial charge in [-0.15, -0.1) is 0 Å². The molecule has 8 heteroatoms. The Morgan fingerprint density at radius 3 is 2.88 bits per heavy atom. The van der Waals surface area contributed by atoms with E-state index in [-0.39, 0.29) is 12.5 Å². The molecule has 126 valence electrons. The second-order valence-electron chi connectivity index (χ2n) is 5.97. The Hall–Kier alpha value is -2.61. The zero-order chi connectivity index (χ0) is 17.0. The van der Waals surface area contributed by atoms with Crippen molar-refractivity contribution < 1.29 is 9.90 Å². The number of piperidine rings is 1. The average Bonchev–Trinajstić information content (AvgIpc) is 2.60. The normalized spacial score (nSPS) is 20.7. The van der Waals surface area contributed by atoms with Crippen LogP contribution in [0.25, 0.3) is 0 Å². The van der Waals surface area contributed by atoms with Gasteiger partial charge in [0.15, 0.2) is 0 Å². The maximum absolute atomic E-state index is 12.2. The summed E-state index contributed by atoms with van der Waals surface area (Å²) in [5, 5.41) is 13.6. The van der Waals surface area contributed by atoms with Crippen molar-refractivity contribution in [3.05, 3.63) is 42.2 Å². The maximum Gasteiger partial charge on any atom is 0.270 e. The van der Waals surface area contributed by atoms with Gasteiger partial charge in [0.1, 0.15) is 11.5 Å². The Labute approximate surface area is 140 Å². The molecule has 1 atom stereocenters. The molecule has 3 rings (SSSR count). The van der Waals surface area contributed by atoms with Crippen molar-refractivity contribution in [2.24, 2.45) is 0 Å². The number of nitrogens with zero attached hydrogens (tertiary/aromatic N) is 5. The van der Waals surface area contributed by atoms with Crippen molar-refractivity contribution in [2.75, 3.05) is 24.5 Å². The predicted molar refractivity (Wildman–Crippen MR) is 87.5 cm³/mol. The highest BCUT2D eigenvalue weighted by Gasteiger charge is 2.34. The van der Waals surface area contributed by atoms with E-state index in [1.54, 1.807) is 37.6 Å². The molecule has 0 radical (unpaired) electrons. The molecular formula is C16H20N6O2. The number of aryl methyl sites for hydroxylation is 1. The van der Waals surface area contributed by atoms with Gasteiger partial charge in [-0.3, -0.25) is 4.79 Å². The molecule has 1 aliphatic rings. The van der Waals surface area contributed by atoms with Gasteiger partial charge in [-0.25, -0.2) is 19.9 Å². The Bertz CT molecular complexity index is 711. The van der Waals surface area contributed by atoms with E-state index in [4.69, 9.17) is 0 Å². The number of rotatable bonds is 4. The Balaban J connectivity index is 1.62. The van der Waals surface area contributed by atoms with E-state index in [0.29, 0.717) is 30.4 Å². The SMILES string of the molecule is Cc1nccc(C(=O)NCC2(O)CCCN(c3ncccn3)C2)n1. The standard InChI is InChI=1S/C16H20N6O2/c1-12-17-8-4-13(21-12)14(23)20-10-16(24)5-2-9-22(11-16)15-18-6-3-7-19-15/h3-4,6-8,24H,2,5,9-11H2,1H3,(H,20,23). The van der Waals surface area contributed by atoms with Gasteiger partial charge in [0, 0.05) is 31.7 Å². The number of β-amino-alcohol motifs (C(OH)–C–C–N with tert-alkyl or cyclic N) is 1. The van der Waals surface area contributed by atoms with Crippen LogP contribution in [-0.2, 0) is 0 Å². The molecule has 0 bridgehead atoms. The van der Waals surface area contributed by atoms with Crippen LogP contribution in [0.15, 0.2) is 30.7 Å². The van der Waals surface area contributed by atoms with Gasteiger partial charge in [-0.1, -0.05) is 0 Å². The smallest absolute Gasteiger partial charge is 0.270 e. The summed E-state index contributed by atoms with van der Waals surface area (Å²) in [6.45, 7) is 3.03. The molecule has 0 aromatic carbocycles. The maximum atomic E-state index is 12.2. The van der Waals surface area contributed by atoms with Crippen molar-refractivity contribution in [1.29, 1.82) is 0 Å². The zero-order valence-electron chi connectivity index (χ0n) is 13.5. The fraction of sp³-hybridized carbons (Fsp3) is 0.438. The lowest BCUT2D eigenvalue weighted by molar-refractivity contribution is 0.0251. The summed E-state index contributed by atoms with van der Waals surface area (Å²) < 4.78 is 0.